The number of quaternary nitrogens is 2. The van der Waals surface area contributed by atoms with Crippen molar-refractivity contribution in [3.63, 3.8) is 0 Å². The van der Waals surface area contributed by atoms with Crippen molar-refractivity contribution in [1.29, 1.82) is 0 Å². The molecule has 0 unspecified atom stereocenters. The highest BCUT2D eigenvalue weighted by atomic mass is 35.5. The highest BCUT2D eigenvalue weighted by Gasteiger charge is 2.37. The molecule has 2 fully saturated rings. The summed E-state index contributed by atoms with van der Waals surface area (Å²) in [6, 6.07) is 8.68. The van der Waals surface area contributed by atoms with Gasteiger partial charge in [-0.2, -0.15) is 0 Å². The van der Waals surface area contributed by atoms with E-state index in [1.165, 1.54) is 30.6 Å². The lowest BCUT2D eigenvalue weighted by atomic mass is 10.0. The predicted octanol–water partition coefficient (Wildman–Crippen LogP) is 0.500. The number of nitrogens with one attached hydrogen (secondary N) is 2. The number of piperazine rings is 1. The van der Waals surface area contributed by atoms with Gasteiger partial charge in [-0.1, -0.05) is 49.2 Å². The second kappa shape index (κ2) is 8.50. The first-order chi connectivity index (χ1) is 13.3. The zero-order valence-electron chi connectivity index (χ0n) is 15.8. The van der Waals surface area contributed by atoms with E-state index in [0.29, 0.717) is 6.04 Å². The molecule has 0 radical (unpaired) electrons. The third-order valence-electron chi connectivity index (χ3n) is 6.10. The minimum absolute atomic E-state index is 0.0829. The Morgan fingerprint density at radius 3 is 2.63 bits per heavy atom. The second-order valence-corrected chi connectivity index (χ2v) is 8.18. The Kier molecular flexibility index (Phi) is 5.86. The van der Waals surface area contributed by atoms with Gasteiger partial charge in [0, 0.05) is 5.56 Å². The zero-order valence-corrected chi connectivity index (χ0v) is 16.5. The van der Waals surface area contributed by atoms with Gasteiger partial charge in [-0.3, -0.25) is 0 Å². The fourth-order valence-electron chi connectivity index (χ4n) is 4.67. The lowest BCUT2D eigenvalue weighted by molar-refractivity contribution is -1.02. The Morgan fingerprint density at radius 1 is 1.19 bits per heavy atom. The minimum Gasteiger partial charge on any atom is -0.322 e. The average Bonchev–Trinajstić information content (AvgIpc) is 3.37. The van der Waals surface area contributed by atoms with E-state index in [1.54, 1.807) is 4.90 Å². The molecule has 144 valence electrons. The molecule has 2 aromatic rings. The SMILES string of the molecule is C=CC[NH+]1CC[NH+]([C@@H](c2ccccc2Cl)c2nnnn2C2CCCC2)CC1. The normalized spacial score (nSPS) is 24.8. The molecule has 2 N–H and O–H groups in total. The average molecular weight is 389 g/mol. The molecular formula is C20H29ClN6+2. The van der Waals surface area contributed by atoms with E-state index in [1.807, 2.05) is 18.2 Å². The molecule has 2 aliphatic rings. The fraction of sp³-hybridized carbons (Fsp3) is 0.550. The van der Waals surface area contributed by atoms with Gasteiger partial charge >= 0.3 is 0 Å². The summed E-state index contributed by atoms with van der Waals surface area (Å²) in [4.78, 5) is 3.10. The standard InChI is InChI=1S/C20H27ClN6/c1-2-11-25-12-14-26(15-13-25)19(17-9-5-6-10-18(17)21)20-22-23-24-27(20)16-7-3-4-8-16/h2,5-6,9-10,16,19H,1,3-4,7-8,11-15H2/p+2/t19-/m0/s1. The van der Waals surface area contributed by atoms with Gasteiger partial charge in [0.2, 0.25) is 5.82 Å². The number of rotatable bonds is 6. The van der Waals surface area contributed by atoms with E-state index in [4.69, 9.17) is 11.6 Å². The second-order valence-electron chi connectivity index (χ2n) is 7.78. The van der Waals surface area contributed by atoms with Gasteiger partial charge in [-0.25, -0.2) is 4.68 Å². The Morgan fingerprint density at radius 2 is 1.93 bits per heavy atom. The van der Waals surface area contributed by atoms with Crippen LogP contribution in [0.4, 0.5) is 0 Å². The van der Waals surface area contributed by atoms with Crippen LogP contribution in [0.25, 0.3) is 0 Å². The third-order valence-corrected chi connectivity index (χ3v) is 6.45. The van der Waals surface area contributed by atoms with Gasteiger partial charge in [-0.15, -0.1) is 5.10 Å². The van der Waals surface area contributed by atoms with Crippen LogP contribution in [-0.2, 0) is 0 Å². The Labute approximate surface area is 165 Å². The number of halogens is 1. The molecular weight excluding hydrogens is 360 g/mol. The van der Waals surface area contributed by atoms with Crippen molar-refractivity contribution in [3.8, 4) is 0 Å². The summed E-state index contributed by atoms with van der Waals surface area (Å²) in [6.45, 7) is 9.35. The van der Waals surface area contributed by atoms with Crippen molar-refractivity contribution in [2.45, 2.75) is 37.8 Å². The Bertz CT molecular complexity index is 761. The van der Waals surface area contributed by atoms with E-state index in [2.05, 4.69) is 38.9 Å². The van der Waals surface area contributed by atoms with E-state index in [-0.39, 0.29) is 6.04 Å². The topological polar surface area (TPSA) is 52.5 Å². The molecule has 1 aromatic heterocycles. The summed E-state index contributed by atoms with van der Waals surface area (Å²) in [5.41, 5.74) is 1.13. The van der Waals surface area contributed by atoms with Crippen molar-refractivity contribution < 1.29 is 9.80 Å². The quantitative estimate of drug-likeness (QED) is 0.709. The number of hydrogen-bond acceptors (Lipinski definition) is 3. The van der Waals surface area contributed by atoms with Crippen molar-refractivity contribution >= 4 is 11.6 Å². The third kappa shape index (κ3) is 3.93. The highest BCUT2D eigenvalue weighted by molar-refractivity contribution is 6.31. The molecule has 1 saturated carbocycles. The van der Waals surface area contributed by atoms with Crippen LogP contribution in [0.1, 0.15) is 49.2 Å². The van der Waals surface area contributed by atoms with Crippen LogP contribution in [0.2, 0.25) is 5.02 Å². The van der Waals surface area contributed by atoms with E-state index >= 15 is 0 Å². The summed E-state index contributed by atoms with van der Waals surface area (Å²) in [5, 5.41) is 13.8. The smallest absolute Gasteiger partial charge is 0.214 e. The number of aromatic nitrogens is 4. The molecule has 0 spiro atoms. The first kappa shape index (κ1) is 18.6. The molecule has 1 aliphatic carbocycles. The van der Waals surface area contributed by atoms with Gasteiger partial charge in [0.25, 0.3) is 0 Å². The molecule has 0 amide bonds. The zero-order chi connectivity index (χ0) is 18.6. The molecule has 7 heteroatoms. The molecule has 6 nitrogen and oxygen atoms in total. The van der Waals surface area contributed by atoms with Crippen LogP contribution in [0, 0.1) is 0 Å². The lowest BCUT2D eigenvalue weighted by Gasteiger charge is -2.34. The number of nitrogens with zero attached hydrogens (tertiary/aromatic N) is 4. The molecule has 4 rings (SSSR count). The first-order valence-electron chi connectivity index (χ1n) is 10.1. The summed E-state index contributed by atoms with van der Waals surface area (Å²) < 4.78 is 2.09. The number of benzene rings is 1. The molecule has 1 atom stereocenters. The van der Waals surface area contributed by atoms with Crippen LogP contribution in [-0.4, -0.2) is 52.9 Å². The van der Waals surface area contributed by atoms with Gasteiger partial charge in [0.15, 0.2) is 6.04 Å². The number of hydrogen-bond donors (Lipinski definition) is 2. The molecule has 1 aromatic carbocycles. The van der Waals surface area contributed by atoms with Gasteiger partial charge in [0.05, 0.1) is 17.6 Å². The summed E-state index contributed by atoms with van der Waals surface area (Å²) in [6.07, 6.45) is 6.88. The van der Waals surface area contributed by atoms with Crippen LogP contribution in [0.15, 0.2) is 36.9 Å². The van der Waals surface area contributed by atoms with E-state index in [9.17, 15) is 0 Å². The molecule has 1 saturated heterocycles. The molecule has 0 bridgehead atoms. The minimum atomic E-state index is 0.0829. The monoisotopic (exact) mass is 388 g/mol. The van der Waals surface area contributed by atoms with Crippen LogP contribution < -0.4 is 9.80 Å². The Hall–Kier alpha value is -1.76. The van der Waals surface area contributed by atoms with Gasteiger partial charge in [-0.05, 0) is 35.4 Å². The largest absolute Gasteiger partial charge is 0.322 e. The fourth-order valence-corrected chi connectivity index (χ4v) is 4.92. The molecule has 2 heterocycles. The summed E-state index contributed by atoms with van der Waals surface area (Å²) >= 11 is 6.64. The van der Waals surface area contributed by atoms with E-state index in [0.717, 1.165) is 49.1 Å². The Balaban J connectivity index is 1.67. The maximum absolute atomic E-state index is 6.64. The van der Waals surface area contributed by atoms with Gasteiger partial charge < -0.3 is 9.80 Å². The van der Waals surface area contributed by atoms with Crippen molar-refractivity contribution in [3.05, 3.63) is 53.3 Å². The maximum atomic E-state index is 6.64. The lowest BCUT2D eigenvalue weighted by Crippen LogP contribution is -3.28. The molecule has 27 heavy (non-hydrogen) atoms. The summed E-state index contributed by atoms with van der Waals surface area (Å²) in [7, 11) is 0. The van der Waals surface area contributed by atoms with Crippen molar-refractivity contribution in [1.82, 2.24) is 20.2 Å². The van der Waals surface area contributed by atoms with Crippen LogP contribution in [0.5, 0.6) is 0 Å². The van der Waals surface area contributed by atoms with Crippen molar-refractivity contribution in [2.75, 3.05) is 32.7 Å². The first-order valence-corrected chi connectivity index (χ1v) is 10.5. The van der Waals surface area contributed by atoms with Crippen LogP contribution in [0.3, 0.4) is 0 Å². The van der Waals surface area contributed by atoms with Crippen molar-refractivity contribution in [2.24, 2.45) is 0 Å². The van der Waals surface area contributed by atoms with Gasteiger partial charge in [0.1, 0.15) is 26.2 Å². The molecule has 1 aliphatic heterocycles. The predicted molar refractivity (Wildman–Crippen MR) is 105 cm³/mol. The van der Waals surface area contributed by atoms with Crippen LogP contribution >= 0.6 is 11.6 Å². The summed E-state index contributed by atoms with van der Waals surface area (Å²) in [5.74, 6) is 0.970. The number of tetrazole rings is 1. The van der Waals surface area contributed by atoms with E-state index < -0.39 is 0 Å². The maximum Gasteiger partial charge on any atom is 0.214 e. The highest BCUT2D eigenvalue weighted by Crippen LogP contribution is 2.32.